The fraction of sp³-hybridized carbons (Fsp3) is 0.211. The summed E-state index contributed by atoms with van der Waals surface area (Å²) in [6.45, 7) is 4.91. The molecule has 0 aliphatic carbocycles. The Bertz CT molecular complexity index is 1110. The van der Waals surface area contributed by atoms with Gasteiger partial charge in [-0.3, -0.25) is 9.52 Å². The van der Waals surface area contributed by atoms with E-state index in [1.54, 1.807) is 37.3 Å². The second-order valence-corrected chi connectivity index (χ2v) is 8.23. The number of carbonyl (C=O) groups is 1. The van der Waals surface area contributed by atoms with Crippen LogP contribution >= 0.6 is 0 Å². The normalized spacial score (nSPS) is 11.2. The minimum Gasteiger partial charge on any atom is -0.334 e. The first-order valence-corrected chi connectivity index (χ1v) is 10.3. The summed E-state index contributed by atoms with van der Waals surface area (Å²) in [6.07, 6.45) is 0. The van der Waals surface area contributed by atoms with Crippen LogP contribution in [-0.2, 0) is 14.8 Å². The predicted octanol–water partition coefficient (Wildman–Crippen LogP) is 3.43. The van der Waals surface area contributed by atoms with Crippen molar-refractivity contribution in [1.29, 1.82) is 0 Å². The first kappa shape index (κ1) is 19.6. The van der Waals surface area contributed by atoms with Crippen LogP contribution in [0.25, 0.3) is 22.8 Å². The minimum atomic E-state index is -3.33. The number of hydrogen-bond acceptors (Lipinski definition) is 6. The second kappa shape index (κ2) is 7.81. The van der Waals surface area contributed by atoms with Crippen LogP contribution in [0.15, 0.2) is 47.0 Å². The molecule has 0 saturated carbocycles. The smallest absolute Gasteiger partial charge is 0.258 e. The van der Waals surface area contributed by atoms with Crippen molar-refractivity contribution in [2.75, 3.05) is 15.8 Å². The number of anilines is 2. The van der Waals surface area contributed by atoms with Gasteiger partial charge in [0, 0.05) is 29.4 Å². The van der Waals surface area contributed by atoms with Crippen LogP contribution in [-0.4, -0.2) is 30.2 Å². The van der Waals surface area contributed by atoms with Gasteiger partial charge in [0.2, 0.25) is 21.8 Å². The van der Waals surface area contributed by atoms with Gasteiger partial charge in [0.15, 0.2) is 0 Å². The van der Waals surface area contributed by atoms with Gasteiger partial charge in [-0.15, -0.1) is 0 Å². The molecule has 0 saturated heterocycles. The van der Waals surface area contributed by atoms with Crippen LogP contribution in [0.1, 0.15) is 19.4 Å². The first-order chi connectivity index (χ1) is 13.3. The molecule has 0 bridgehead atoms. The highest BCUT2D eigenvalue weighted by Crippen LogP contribution is 2.27. The molecule has 0 fully saturated rings. The van der Waals surface area contributed by atoms with Gasteiger partial charge in [0.05, 0.1) is 5.75 Å². The Kier molecular flexibility index (Phi) is 5.46. The van der Waals surface area contributed by atoms with Gasteiger partial charge in [-0.25, -0.2) is 8.42 Å². The van der Waals surface area contributed by atoms with Gasteiger partial charge >= 0.3 is 0 Å². The molecule has 0 spiro atoms. The molecule has 0 unspecified atom stereocenters. The SMILES string of the molecule is CCS(=O)(=O)Nc1ccc(-c2noc(-c3ccc(C)c(NC(C)=O)c3)n2)cc1. The summed E-state index contributed by atoms with van der Waals surface area (Å²) < 4.78 is 31.1. The maximum atomic E-state index is 11.6. The van der Waals surface area contributed by atoms with Crippen LogP contribution in [0.3, 0.4) is 0 Å². The van der Waals surface area contributed by atoms with Gasteiger partial charge in [0.25, 0.3) is 5.89 Å². The topological polar surface area (TPSA) is 114 Å². The Morgan fingerprint density at radius 3 is 2.43 bits per heavy atom. The van der Waals surface area contributed by atoms with Crippen molar-refractivity contribution in [2.24, 2.45) is 0 Å². The molecule has 3 rings (SSSR count). The molecule has 0 radical (unpaired) electrons. The lowest BCUT2D eigenvalue weighted by Gasteiger charge is -2.07. The highest BCUT2D eigenvalue weighted by molar-refractivity contribution is 7.92. The molecule has 146 valence electrons. The molecule has 1 aromatic heterocycles. The Hall–Kier alpha value is -3.20. The zero-order valence-corrected chi connectivity index (χ0v) is 16.5. The standard InChI is InChI=1S/C19H20N4O4S/c1-4-28(25,26)23-16-9-7-14(8-10-16)18-21-19(27-22-18)15-6-5-12(2)17(11-15)20-13(3)24/h5-11,23H,4H2,1-3H3,(H,20,24). The van der Waals surface area contributed by atoms with E-state index < -0.39 is 10.0 Å². The third-order valence-electron chi connectivity index (χ3n) is 4.02. The highest BCUT2D eigenvalue weighted by atomic mass is 32.2. The van der Waals surface area contributed by atoms with Crippen LogP contribution in [0, 0.1) is 6.92 Å². The van der Waals surface area contributed by atoms with Gasteiger partial charge in [-0.1, -0.05) is 11.2 Å². The number of nitrogens with one attached hydrogen (secondary N) is 2. The molecule has 2 aromatic carbocycles. The van der Waals surface area contributed by atoms with Crippen molar-refractivity contribution >= 4 is 27.3 Å². The van der Waals surface area contributed by atoms with E-state index in [1.807, 2.05) is 19.1 Å². The maximum Gasteiger partial charge on any atom is 0.258 e. The number of nitrogens with zero attached hydrogens (tertiary/aromatic N) is 2. The maximum absolute atomic E-state index is 11.6. The highest BCUT2D eigenvalue weighted by Gasteiger charge is 2.13. The van der Waals surface area contributed by atoms with Crippen LogP contribution in [0.4, 0.5) is 11.4 Å². The number of benzene rings is 2. The molecule has 2 N–H and O–H groups in total. The molecule has 1 heterocycles. The average Bonchev–Trinajstić information content (AvgIpc) is 3.13. The third-order valence-corrected chi connectivity index (χ3v) is 5.32. The molecular formula is C19H20N4O4S. The Balaban J connectivity index is 1.83. The van der Waals surface area contributed by atoms with Gasteiger partial charge in [0.1, 0.15) is 0 Å². The number of sulfonamides is 1. The molecule has 9 heteroatoms. The van der Waals surface area contributed by atoms with Gasteiger partial charge in [-0.2, -0.15) is 4.98 Å². The third kappa shape index (κ3) is 4.55. The number of hydrogen-bond donors (Lipinski definition) is 2. The van der Waals surface area contributed by atoms with Crippen molar-refractivity contribution in [3.63, 3.8) is 0 Å². The van der Waals surface area contributed by atoms with Crippen LogP contribution in [0.5, 0.6) is 0 Å². The molecule has 0 aliphatic rings. The Morgan fingerprint density at radius 2 is 1.79 bits per heavy atom. The van der Waals surface area contributed by atoms with Crippen molar-refractivity contribution < 1.29 is 17.7 Å². The van der Waals surface area contributed by atoms with E-state index in [1.165, 1.54) is 6.92 Å². The van der Waals surface area contributed by atoms with Crippen LogP contribution in [0.2, 0.25) is 0 Å². The van der Waals surface area contributed by atoms with Crippen molar-refractivity contribution in [3.05, 3.63) is 48.0 Å². The summed E-state index contributed by atoms with van der Waals surface area (Å²) in [7, 11) is -3.33. The van der Waals surface area contributed by atoms with Crippen molar-refractivity contribution in [3.8, 4) is 22.8 Å². The van der Waals surface area contributed by atoms with E-state index in [9.17, 15) is 13.2 Å². The van der Waals surface area contributed by atoms with Gasteiger partial charge < -0.3 is 9.84 Å². The first-order valence-electron chi connectivity index (χ1n) is 8.60. The average molecular weight is 400 g/mol. The predicted molar refractivity (Wildman–Crippen MR) is 107 cm³/mol. The molecule has 0 atom stereocenters. The summed E-state index contributed by atoms with van der Waals surface area (Å²) in [6, 6.07) is 12.2. The van der Waals surface area contributed by atoms with Gasteiger partial charge in [-0.05, 0) is 55.8 Å². The number of aryl methyl sites for hydroxylation is 1. The summed E-state index contributed by atoms with van der Waals surface area (Å²) in [5.74, 6) is 0.532. The van der Waals surface area contributed by atoms with Crippen molar-refractivity contribution in [2.45, 2.75) is 20.8 Å². The molecule has 0 aliphatic heterocycles. The zero-order valence-electron chi connectivity index (χ0n) is 15.7. The Labute approximate surface area is 163 Å². The largest absolute Gasteiger partial charge is 0.334 e. The van der Waals surface area contributed by atoms with E-state index in [2.05, 4.69) is 20.2 Å². The van der Waals surface area contributed by atoms with Crippen LogP contribution < -0.4 is 10.0 Å². The monoisotopic (exact) mass is 400 g/mol. The summed E-state index contributed by atoms with van der Waals surface area (Å²) in [5.41, 5.74) is 3.43. The van der Waals surface area contributed by atoms with E-state index in [4.69, 9.17) is 4.52 Å². The van der Waals surface area contributed by atoms with Crippen molar-refractivity contribution in [1.82, 2.24) is 10.1 Å². The lowest BCUT2D eigenvalue weighted by Crippen LogP contribution is -2.14. The van der Waals surface area contributed by atoms with E-state index in [-0.39, 0.29) is 11.7 Å². The number of rotatable bonds is 6. The number of carbonyl (C=O) groups excluding carboxylic acids is 1. The minimum absolute atomic E-state index is 0.0000231. The van der Waals surface area contributed by atoms with E-state index >= 15 is 0 Å². The molecule has 8 nitrogen and oxygen atoms in total. The lowest BCUT2D eigenvalue weighted by atomic mass is 10.1. The zero-order chi connectivity index (χ0) is 20.3. The fourth-order valence-corrected chi connectivity index (χ4v) is 3.12. The number of amides is 1. The molecule has 3 aromatic rings. The summed E-state index contributed by atoms with van der Waals surface area (Å²) >= 11 is 0. The molecule has 28 heavy (non-hydrogen) atoms. The molecular weight excluding hydrogens is 380 g/mol. The Morgan fingerprint density at radius 1 is 1.11 bits per heavy atom. The number of aromatic nitrogens is 2. The van der Waals surface area contributed by atoms with E-state index in [0.29, 0.717) is 34.2 Å². The summed E-state index contributed by atoms with van der Waals surface area (Å²) in [4.78, 5) is 15.7. The lowest BCUT2D eigenvalue weighted by molar-refractivity contribution is -0.114. The summed E-state index contributed by atoms with van der Waals surface area (Å²) in [5, 5.41) is 6.75. The quantitative estimate of drug-likeness (QED) is 0.655. The van der Waals surface area contributed by atoms with E-state index in [0.717, 1.165) is 5.56 Å². The molecule has 1 amide bonds. The fourth-order valence-electron chi connectivity index (χ4n) is 2.48. The second-order valence-electron chi connectivity index (χ2n) is 6.22.